The summed E-state index contributed by atoms with van der Waals surface area (Å²) in [7, 11) is 0. The van der Waals surface area contributed by atoms with Gasteiger partial charge in [-0.15, -0.1) is 0 Å². The average Bonchev–Trinajstić information content (AvgIpc) is 2.98. The van der Waals surface area contributed by atoms with E-state index >= 15 is 0 Å². The molecule has 0 radical (unpaired) electrons. The van der Waals surface area contributed by atoms with Gasteiger partial charge in [0.1, 0.15) is 0 Å². The number of thioether (sulfide) groups is 1. The van der Waals surface area contributed by atoms with Gasteiger partial charge in [0.25, 0.3) is 0 Å². The molecule has 1 aromatic carbocycles. The average molecular weight is 208 g/mol. The first-order valence-corrected chi connectivity index (χ1v) is 6.28. The van der Waals surface area contributed by atoms with Crippen LogP contribution in [0, 0.1) is 11.8 Å². The zero-order valence-electron chi connectivity index (χ0n) is 8.23. The lowest BCUT2D eigenvalue weighted by Crippen LogP contribution is -1.91. The maximum absolute atomic E-state index is 8.88. The molecule has 0 saturated heterocycles. The summed E-state index contributed by atoms with van der Waals surface area (Å²) in [6.07, 6.45) is 1.23. The van der Waals surface area contributed by atoms with Gasteiger partial charge >= 0.3 is 0 Å². The van der Waals surface area contributed by atoms with Crippen molar-refractivity contribution in [2.24, 2.45) is 11.8 Å². The van der Waals surface area contributed by atoms with Gasteiger partial charge in [0.15, 0.2) is 0 Å². The van der Waals surface area contributed by atoms with Crippen molar-refractivity contribution in [3.8, 4) is 0 Å². The molecule has 0 aromatic heterocycles. The molecule has 1 aliphatic rings. The third kappa shape index (κ3) is 2.76. The van der Waals surface area contributed by atoms with Gasteiger partial charge in [0.05, 0.1) is 0 Å². The minimum absolute atomic E-state index is 0.385. The van der Waals surface area contributed by atoms with Crippen molar-refractivity contribution in [1.29, 1.82) is 0 Å². The van der Waals surface area contributed by atoms with Crippen molar-refractivity contribution >= 4 is 11.8 Å². The highest BCUT2D eigenvalue weighted by Gasteiger charge is 2.35. The van der Waals surface area contributed by atoms with Gasteiger partial charge < -0.3 is 5.11 Å². The van der Waals surface area contributed by atoms with Gasteiger partial charge in [0.2, 0.25) is 0 Å². The van der Waals surface area contributed by atoms with Crippen LogP contribution in [0.2, 0.25) is 0 Å². The number of rotatable bonds is 5. The number of aliphatic hydroxyl groups is 1. The third-order valence-electron chi connectivity index (χ3n) is 2.75. The Balaban J connectivity index is 1.64. The van der Waals surface area contributed by atoms with Crippen LogP contribution in [-0.2, 0) is 5.75 Å². The van der Waals surface area contributed by atoms with E-state index in [1.807, 2.05) is 11.8 Å². The van der Waals surface area contributed by atoms with E-state index in [2.05, 4.69) is 30.3 Å². The van der Waals surface area contributed by atoms with Crippen LogP contribution in [0.4, 0.5) is 0 Å². The predicted molar refractivity (Wildman–Crippen MR) is 61.3 cm³/mol. The quantitative estimate of drug-likeness (QED) is 0.802. The highest BCUT2D eigenvalue weighted by Crippen LogP contribution is 2.40. The molecule has 2 rings (SSSR count). The molecule has 0 heterocycles. The molecule has 2 unspecified atom stereocenters. The van der Waals surface area contributed by atoms with Crippen LogP contribution in [0.1, 0.15) is 12.0 Å². The highest BCUT2D eigenvalue weighted by molar-refractivity contribution is 7.98. The normalized spacial score (nSPS) is 24.9. The SMILES string of the molecule is OCC1CC1CSCc1ccccc1. The Labute approximate surface area is 89.5 Å². The molecule has 1 N–H and O–H groups in total. The molecular formula is C12H16OS. The largest absolute Gasteiger partial charge is 0.396 e. The molecule has 1 saturated carbocycles. The monoisotopic (exact) mass is 208 g/mol. The summed E-state index contributed by atoms with van der Waals surface area (Å²) in [5, 5.41) is 8.88. The zero-order valence-corrected chi connectivity index (χ0v) is 9.04. The Hall–Kier alpha value is -0.470. The summed E-state index contributed by atoms with van der Waals surface area (Å²) in [5.74, 6) is 3.71. The van der Waals surface area contributed by atoms with Crippen LogP contribution in [0.15, 0.2) is 30.3 Å². The molecule has 76 valence electrons. The van der Waals surface area contributed by atoms with Crippen LogP contribution in [0.25, 0.3) is 0 Å². The molecule has 1 nitrogen and oxygen atoms in total. The maximum atomic E-state index is 8.88. The number of aliphatic hydroxyl groups excluding tert-OH is 1. The molecular weight excluding hydrogens is 192 g/mol. The summed E-state index contributed by atoms with van der Waals surface area (Å²) < 4.78 is 0. The molecule has 2 heteroatoms. The van der Waals surface area contributed by atoms with Crippen molar-refractivity contribution in [3.63, 3.8) is 0 Å². The molecule has 1 aliphatic carbocycles. The fraction of sp³-hybridized carbons (Fsp3) is 0.500. The number of hydrogen-bond donors (Lipinski definition) is 1. The van der Waals surface area contributed by atoms with E-state index in [1.165, 1.54) is 17.7 Å². The van der Waals surface area contributed by atoms with Crippen molar-refractivity contribution in [2.45, 2.75) is 12.2 Å². The van der Waals surface area contributed by atoms with Crippen LogP contribution in [-0.4, -0.2) is 17.5 Å². The van der Waals surface area contributed by atoms with Gasteiger partial charge in [-0.25, -0.2) is 0 Å². The molecule has 1 fully saturated rings. The Kier molecular flexibility index (Phi) is 3.49. The molecule has 0 aliphatic heterocycles. The van der Waals surface area contributed by atoms with Gasteiger partial charge in [-0.3, -0.25) is 0 Å². The third-order valence-corrected chi connectivity index (χ3v) is 3.95. The summed E-state index contributed by atoms with van der Waals surface area (Å²) >= 11 is 1.98. The number of hydrogen-bond acceptors (Lipinski definition) is 2. The van der Waals surface area contributed by atoms with Gasteiger partial charge in [-0.1, -0.05) is 30.3 Å². The van der Waals surface area contributed by atoms with Crippen molar-refractivity contribution < 1.29 is 5.11 Å². The summed E-state index contributed by atoms with van der Waals surface area (Å²) in [6, 6.07) is 10.6. The van der Waals surface area contributed by atoms with E-state index in [-0.39, 0.29) is 0 Å². The van der Waals surface area contributed by atoms with Gasteiger partial charge in [-0.2, -0.15) is 11.8 Å². The van der Waals surface area contributed by atoms with E-state index in [4.69, 9.17) is 5.11 Å². The van der Waals surface area contributed by atoms with E-state index in [0.29, 0.717) is 12.5 Å². The van der Waals surface area contributed by atoms with Crippen LogP contribution in [0.3, 0.4) is 0 Å². The summed E-state index contributed by atoms with van der Waals surface area (Å²) in [4.78, 5) is 0. The summed E-state index contributed by atoms with van der Waals surface area (Å²) in [6.45, 7) is 0.385. The van der Waals surface area contributed by atoms with Crippen LogP contribution < -0.4 is 0 Å². The van der Waals surface area contributed by atoms with Crippen LogP contribution in [0.5, 0.6) is 0 Å². The molecule has 0 amide bonds. The lowest BCUT2D eigenvalue weighted by atomic mass is 10.2. The zero-order chi connectivity index (χ0) is 9.80. The Morgan fingerprint density at radius 1 is 1.21 bits per heavy atom. The van der Waals surface area contributed by atoms with E-state index < -0.39 is 0 Å². The van der Waals surface area contributed by atoms with E-state index in [0.717, 1.165) is 11.7 Å². The van der Waals surface area contributed by atoms with Crippen molar-refractivity contribution in [1.82, 2.24) is 0 Å². The molecule has 0 bridgehead atoms. The van der Waals surface area contributed by atoms with E-state index in [9.17, 15) is 0 Å². The van der Waals surface area contributed by atoms with Crippen molar-refractivity contribution in [3.05, 3.63) is 35.9 Å². The lowest BCUT2D eigenvalue weighted by molar-refractivity contribution is 0.271. The first-order chi connectivity index (χ1) is 6.90. The molecule has 2 atom stereocenters. The van der Waals surface area contributed by atoms with Crippen molar-refractivity contribution in [2.75, 3.05) is 12.4 Å². The standard InChI is InChI=1S/C12H16OS/c13-7-11-6-12(11)9-14-8-10-4-2-1-3-5-10/h1-5,11-13H,6-9H2. The Morgan fingerprint density at radius 3 is 2.64 bits per heavy atom. The maximum Gasteiger partial charge on any atom is 0.0462 e. The van der Waals surface area contributed by atoms with Gasteiger partial charge in [0, 0.05) is 12.4 Å². The second-order valence-corrected chi connectivity index (χ2v) is 4.97. The highest BCUT2D eigenvalue weighted by atomic mass is 32.2. The lowest BCUT2D eigenvalue weighted by Gasteiger charge is -2.00. The van der Waals surface area contributed by atoms with Crippen LogP contribution >= 0.6 is 11.8 Å². The smallest absolute Gasteiger partial charge is 0.0462 e. The fourth-order valence-electron chi connectivity index (χ4n) is 1.64. The molecule has 1 aromatic rings. The summed E-state index contributed by atoms with van der Waals surface area (Å²) in [5.41, 5.74) is 1.40. The molecule has 0 spiro atoms. The minimum atomic E-state index is 0.385. The van der Waals surface area contributed by atoms with E-state index in [1.54, 1.807) is 0 Å². The topological polar surface area (TPSA) is 20.2 Å². The minimum Gasteiger partial charge on any atom is -0.396 e. The fourth-order valence-corrected chi connectivity index (χ4v) is 2.90. The molecule has 14 heavy (non-hydrogen) atoms. The second-order valence-electron chi connectivity index (χ2n) is 3.94. The first kappa shape index (κ1) is 10.1. The van der Waals surface area contributed by atoms with Gasteiger partial charge in [-0.05, 0) is 29.6 Å². The predicted octanol–water partition coefficient (Wildman–Crippen LogP) is 2.55. The second kappa shape index (κ2) is 4.85. The number of benzene rings is 1. The first-order valence-electron chi connectivity index (χ1n) is 5.12. The Morgan fingerprint density at radius 2 is 2.00 bits per heavy atom. The Bertz CT molecular complexity index is 273.